The first kappa shape index (κ1) is 40.9. The van der Waals surface area contributed by atoms with Crippen LogP contribution in [0.3, 0.4) is 0 Å². The van der Waals surface area contributed by atoms with Crippen LogP contribution in [0.2, 0.25) is 0 Å². The number of aryl methyl sites for hydroxylation is 1. The summed E-state index contributed by atoms with van der Waals surface area (Å²) >= 11 is 0. The second-order valence-electron chi connectivity index (χ2n) is 12.9. The van der Waals surface area contributed by atoms with E-state index in [2.05, 4.69) is 175 Å². The summed E-state index contributed by atoms with van der Waals surface area (Å²) in [5.74, 6) is 2.05. The lowest BCUT2D eigenvalue weighted by Crippen LogP contribution is -2.33. The molecule has 0 fully saturated rings. The lowest BCUT2D eigenvalue weighted by atomic mass is 10.1. The zero-order valence-corrected chi connectivity index (χ0v) is 32.9. The van der Waals surface area contributed by atoms with Gasteiger partial charge in [0.2, 0.25) is 0 Å². The topological polar surface area (TPSA) is 29.2 Å². The molecule has 0 atom stereocenters. The highest BCUT2D eigenvalue weighted by molar-refractivity contribution is 8.76. The van der Waals surface area contributed by atoms with Crippen LogP contribution in [-0.2, 0) is 6.54 Å². The van der Waals surface area contributed by atoms with Crippen molar-refractivity contribution in [2.45, 2.75) is 19.4 Å². The second kappa shape index (κ2) is 23.8. The van der Waals surface area contributed by atoms with Crippen molar-refractivity contribution in [2.75, 3.05) is 96.3 Å². The quantitative estimate of drug-likeness (QED) is 0.0324. The monoisotopic (exact) mass is 711 g/mol. The summed E-state index contributed by atoms with van der Waals surface area (Å²) in [5, 5.41) is 0. The maximum absolute atomic E-state index is 4.57. The molecule has 50 heavy (non-hydrogen) atoms. The first-order valence-electron chi connectivity index (χ1n) is 17.6. The van der Waals surface area contributed by atoms with Crippen LogP contribution in [0.15, 0.2) is 108 Å². The predicted molar refractivity (Wildman–Crippen MR) is 227 cm³/mol. The average Bonchev–Trinajstić information content (AvgIpc) is 3.11. The van der Waals surface area contributed by atoms with E-state index in [0.29, 0.717) is 0 Å². The lowest BCUT2D eigenvalue weighted by Gasteiger charge is -2.20. The molecule has 8 heteroatoms. The molecular formula is C42H59N6S2+. The largest absolute Gasteiger partial charge is 0.375 e. The number of benzene rings is 2. The molecule has 1 heterocycles. The zero-order valence-electron chi connectivity index (χ0n) is 31.2. The minimum Gasteiger partial charge on any atom is -0.375 e. The van der Waals surface area contributed by atoms with Crippen molar-refractivity contribution in [3.63, 3.8) is 0 Å². The van der Waals surface area contributed by atoms with Crippen molar-refractivity contribution in [2.24, 2.45) is 4.99 Å². The lowest BCUT2D eigenvalue weighted by molar-refractivity contribution is -0.692. The molecule has 0 saturated carbocycles. The summed E-state index contributed by atoms with van der Waals surface area (Å²) in [6.45, 7) is 10.1. The molecule has 0 saturated heterocycles. The van der Waals surface area contributed by atoms with E-state index in [-0.39, 0.29) is 0 Å². The Morgan fingerprint density at radius 1 is 0.660 bits per heavy atom. The first-order valence-corrected chi connectivity index (χ1v) is 20.1. The minimum atomic E-state index is 0.802. The predicted octanol–water partition coefficient (Wildman–Crippen LogP) is 8.20. The van der Waals surface area contributed by atoms with Gasteiger partial charge in [0.25, 0.3) is 0 Å². The molecule has 0 bridgehead atoms. The van der Waals surface area contributed by atoms with Gasteiger partial charge in [-0.05, 0) is 107 Å². The van der Waals surface area contributed by atoms with E-state index in [0.717, 1.165) is 69.2 Å². The Morgan fingerprint density at radius 3 is 1.68 bits per heavy atom. The van der Waals surface area contributed by atoms with Gasteiger partial charge in [0, 0.05) is 69.2 Å². The molecule has 0 aliphatic carbocycles. The third-order valence-electron chi connectivity index (χ3n) is 8.15. The number of anilines is 2. The van der Waals surface area contributed by atoms with Gasteiger partial charge in [0.1, 0.15) is 0 Å². The van der Waals surface area contributed by atoms with Crippen LogP contribution in [-0.4, -0.2) is 103 Å². The molecule has 268 valence electrons. The van der Waals surface area contributed by atoms with Gasteiger partial charge in [0.05, 0.1) is 5.75 Å². The second-order valence-corrected chi connectivity index (χ2v) is 15.6. The van der Waals surface area contributed by atoms with Gasteiger partial charge in [-0.1, -0.05) is 82.8 Å². The van der Waals surface area contributed by atoms with Gasteiger partial charge in [-0.3, -0.25) is 4.99 Å². The fourth-order valence-corrected chi connectivity index (χ4v) is 6.91. The zero-order chi connectivity index (χ0) is 36.0. The molecule has 3 rings (SSSR count). The van der Waals surface area contributed by atoms with E-state index < -0.39 is 0 Å². The van der Waals surface area contributed by atoms with E-state index >= 15 is 0 Å². The highest BCUT2D eigenvalue weighted by Crippen LogP contribution is 2.20. The molecule has 0 aliphatic rings. The van der Waals surface area contributed by atoms with Crippen LogP contribution in [0.4, 0.5) is 11.4 Å². The highest BCUT2D eigenvalue weighted by Gasteiger charge is 2.03. The summed E-state index contributed by atoms with van der Waals surface area (Å²) in [7, 11) is 16.6. The minimum absolute atomic E-state index is 0.802. The molecule has 0 aliphatic heterocycles. The van der Waals surface area contributed by atoms with E-state index in [1.165, 1.54) is 28.1 Å². The van der Waals surface area contributed by atoms with E-state index in [1.807, 2.05) is 40.0 Å². The summed E-state index contributed by atoms with van der Waals surface area (Å²) in [4.78, 5) is 13.7. The number of nitrogens with zero attached hydrogens (tertiary/aromatic N) is 6. The molecule has 0 amide bonds. The maximum Gasteiger partial charge on any atom is 0.169 e. The Hall–Kier alpha value is -3.56. The van der Waals surface area contributed by atoms with Crippen molar-refractivity contribution in [1.82, 2.24) is 9.80 Å². The standard InChI is InChI=1S/C42H59N6S2/c1-8-37(11-12-38-15-19-41(20-16-38)46(6)30-9-28-44(2)3)23-26-43-27-35-49-50-36-34-48-32-24-40(25-33-48)14-13-39-17-21-42(22-18-39)47(7)31-10-29-45(4)5/h8,11-26,32-33H,1,9-10,27-31,34-36H2,2-7H3/q+1. The number of hydrogen-bond donors (Lipinski definition) is 0. The summed E-state index contributed by atoms with van der Waals surface area (Å²) in [6.07, 6.45) is 21.0. The normalized spacial score (nSPS) is 12.3. The third kappa shape index (κ3) is 16.9. The average molecular weight is 712 g/mol. The summed E-state index contributed by atoms with van der Waals surface area (Å²) in [5.41, 5.74) is 7.14. The highest BCUT2D eigenvalue weighted by atomic mass is 33.1. The van der Waals surface area contributed by atoms with Crippen LogP contribution in [0, 0.1) is 0 Å². The molecule has 6 nitrogen and oxygen atoms in total. The van der Waals surface area contributed by atoms with Crippen molar-refractivity contribution in [3.8, 4) is 0 Å². The fraction of sp³-hybridized carbons (Fsp3) is 0.381. The van der Waals surface area contributed by atoms with Crippen LogP contribution in [0.1, 0.15) is 29.5 Å². The number of allylic oxidation sites excluding steroid dienone is 4. The van der Waals surface area contributed by atoms with Gasteiger partial charge in [0.15, 0.2) is 18.9 Å². The molecule has 0 spiro atoms. The van der Waals surface area contributed by atoms with Crippen molar-refractivity contribution in [1.29, 1.82) is 0 Å². The first-order chi connectivity index (χ1) is 24.2. The molecular weight excluding hydrogens is 653 g/mol. The number of aliphatic imine (C=N–C) groups is 1. The Labute approximate surface area is 311 Å². The van der Waals surface area contributed by atoms with Gasteiger partial charge in [-0.2, -0.15) is 0 Å². The van der Waals surface area contributed by atoms with Crippen LogP contribution in [0.5, 0.6) is 0 Å². The van der Waals surface area contributed by atoms with Crippen molar-refractivity contribution >= 4 is 57.4 Å². The summed E-state index contributed by atoms with van der Waals surface area (Å²) in [6, 6.07) is 21.9. The van der Waals surface area contributed by atoms with Crippen LogP contribution < -0.4 is 14.4 Å². The molecule has 0 radical (unpaired) electrons. The van der Waals surface area contributed by atoms with E-state index in [9.17, 15) is 0 Å². The Kier molecular flexibility index (Phi) is 19.4. The van der Waals surface area contributed by atoms with Gasteiger partial charge >= 0.3 is 0 Å². The molecule has 0 unspecified atom stereocenters. The van der Waals surface area contributed by atoms with Gasteiger partial charge < -0.3 is 19.6 Å². The van der Waals surface area contributed by atoms with Crippen LogP contribution in [0.25, 0.3) is 18.2 Å². The number of pyridine rings is 1. The van der Waals surface area contributed by atoms with Crippen molar-refractivity contribution in [3.05, 3.63) is 120 Å². The maximum atomic E-state index is 4.57. The Morgan fingerprint density at radius 2 is 1.16 bits per heavy atom. The Bertz CT molecular complexity index is 1490. The SMILES string of the molecule is C=CC(C=Cc1ccc(N(C)CCCN(C)C)cc1)=CC=NCCSSCC[n+]1ccc(C=Cc2ccc(N(C)CCCN(C)C)cc2)cc1. The number of hydrogen-bond acceptors (Lipinski definition) is 7. The molecule has 2 aromatic carbocycles. The summed E-state index contributed by atoms with van der Waals surface area (Å²) < 4.78 is 2.25. The third-order valence-corrected chi connectivity index (χ3v) is 10.5. The van der Waals surface area contributed by atoms with E-state index in [4.69, 9.17) is 0 Å². The number of aromatic nitrogens is 1. The van der Waals surface area contributed by atoms with Gasteiger partial charge in [-0.15, -0.1) is 0 Å². The van der Waals surface area contributed by atoms with Crippen LogP contribution >= 0.6 is 21.6 Å². The smallest absolute Gasteiger partial charge is 0.169 e. The number of rotatable bonds is 23. The molecule has 1 aromatic heterocycles. The van der Waals surface area contributed by atoms with Crippen molar-refractivity contribution < 1.29 is 4.57 Å². The Balaban J connectivity index is 1.30. The van der Waals surface area contributed by atoms with E-state index in [1.54, 1.807) is 0 Å². The molecule has 0 N–H and O–H groups in total. The van der Waals surface area contributed by atoms with Gasteiger partial charge in [-0.25, -0.2) is 4.57 Å². The fourth-order valence-electron chi connectivity index (χ4n) is 5.06. The molecule has 3 aromatic rings.